The largest absolute Gasteiger partial charge is 0.493 e. The van der Waals surface area contributed by atoms with E-state index >= 15 is 0 Å². The topological polar surface area (TPSA) is 73.9 Å². The smallest absolute Gasteiger partial charge is 0.341 e. The summed E-state index contributed by atoms with van der Waals surface area (Å²) in [5, 5.41) is 3.80. The van der Waals surface area contributed by atoms with Crippen molar-refractivity contribution in [2.45, 2.75) is 39.5 Å². The van der Waals surface area contributed by atoms with Crippen molar-refractivity contribution in [2.24, 2.45) is 0 Å². The molecule has 0 aliphatic heterocycles. The van der Waals surface area contributed by atoms with Crippen LogP contribution in [0.4, 0.5) is 5.00 Å². The number of carbonyl (C=O) groups excluding carboxylic acids is 2. The van der Waals surface area contributed by atoms with Crippen LogP contribution in [0.25, 0.3) is 17.2 Å². The van der Waals surface area contributed by atoms with Crippen LogP contribution in [-0.4, -0.2) is 32.7 Å². The second-order valence-corrected chi connectivity index (χ2v) is 10.0. The number of rotatable bonds is 12. The van der Waals surface area contributed by atoms with Gasteiger partial charge in [0.1, 0.15) is 10.6 Å². The van der Waals surface area contributed by atoms with E-state index in [2.05, 4.69) is 12.2 Å². The molecule has 0 atom stereocenters. The van der Waals surface area contributed by atoms with Gasteiger partial charge in [0.15, 0.2) is 11.5 Å². The molecule has 8 heteroatoms. The minimum absolute atomic E-state index is 0.302. The summed E-state index contributed by atoms with van der Waals surface area (Å²) in [5.74, 6) is 0.366. The fourth-order valence-corrected chi connectivity index (χ4v) is 5.12. The van der Waals surface area contributed by atoms with Crippen molar-refractivity contribution in [1.29, 1.82) is 0 Å². The van der Waals surface area contributed by atoms with Crippen molar-refractivity contribution >= 4 is 45.9 Å². The minimum Gasteiger partial charge on any atom is -0.493 e. The van der Waals surface area contributed by atoms with Gasteiger partial charge >= 0.3 is 5.97 Å². The summed E-state index contributed by atoms with van der Waals surface area (Å²) in [4.78, 5) is 26.3. The highest BCUT2D eigenvalue weighted by Crippen LogP contribution is 2.41. The highest BCUT2D eigenvalue weighted by molar-refractivity contribution is 7.17. The summed E-state index contributed by atoms with van der Waals surface area (Å²) in [5.41, 5.74) is 2.54. The van der Waals surface area contributed by atoms with Crippen molar-refractivity contribution in [3.8, 4) is 22.6 Å². The van der Waals surface area contributed by atoms with Gasteiger partial charge in [-0.1, -0.05) is 56.0 Å². The number of halogens is 1. The van der Waals surface area contributed by atoms with E-state index in [1.54, 1.807) is 25.3 Å². The van der Waals surface area contributed by atoms with Crippen LogP contribution in [-0.2, 0) is 9.53 Å². The van der Waals surface area contributed by atoms with Gasteiger partial charge in [0.25, 0.3) is 0 Å². The number of hydrogen-bond donors (Lipinski definition) is 1. The van der Waals surface area contributed by atoms with Crippen LogP contribution in [0, 0.1) is 6.92 Å². The van der Waals surface area contributed by atoms with E-state index in [4.69, 9.17) is 25.8 Å². The molecule has 6 nitrogen and oxygen atoms in total. The Morgan fingerprint density at radius 1 is 1.05 bits per heavy atom. The lowest BCUT2D eigenvalue weighted by Gasteiger charge is -2.11. The zero-order valence-corrected chi connectivity index (χ0v) is 23.1. The Kier molecular flexibility index (Phi) is 10.6. The molecule has 0 bridgehead atoms. The van der Waals surface area contributed by atoms with E-state index < -0.39 is 5.97 Å². The number of hydrogen-bond acceptors (Lipinski definition) is 6. The molecule has 0 aliphatic carbocycles. The van der Waals surface area contributed by atoms with E-state index in [1.807, 2.05) is 37.3 Å². The van der Waals surface area contributed by atoms with Crippen LogP contribution >= 0.6 is 22.9 Å². The van der Waals surface area contributed by atoms with Gasteiger partial charge in [-0.2, -0.15) is 0 Å². The first-order chi connectivity index (χ1) is 17.9. The third kappa shape index (κ3) is 7.60. The normalized spacial score (nSPS) is 10.9. The molecule has 0 unspecified atom stereocenters. The molecule has 0 fully saturated rings. The number of nitrogens with one attached hydrogen (secondary N) is 1. The molecule has 37 heavy (non-hydrogen) atoms. The second-order valence-electron chi connectivity index (χ2n) is 8.38. The highest BCUT2D eigenvalue weighted by Gasteiger charge is 2.25. The van der Waals surface area contributed by atoms with Crippen LogP contribution < -0.4 is 14.8 Å². The lowest BCUT2D eigenvalue weighted by Crippen LogP contribution is -2.11. The molecular formula is C29H32ClNO5S. The van der Waals surface area contributed by atoms with Crippen LogP contribution in [0.15, 0.2) is 48.5 Å². The SMILES string of the molecule is CCCCCCOc1ccc(/C=C/C(=O)Nc2sc(C)c(-c3cccc(Cl)c3)c2C(=O)OC)cc1OC. The number of anilines is 1. The lowest BCUT2D eigenvalue weighted by molar-refractivity contribution is -0.111. The Morgan fingerprint density at radius 3 is 2.57 bits per heavy atom. The number of unbranched alkanes of at least 4 members (excludes halogenated alkanes) is 3. The van der Waals surface area contributed by atoms with Crippen LogP contribution in [0.5, 0.6) is 11.5 Å². The summed E-state index contributed by atoms with van der Waals surface area (Å²) in [7, 11) is 2.90. The molecule has 1 aromatic heterocycles. The first-order valence-electron chi connectivity index (χ1n) is 12.2. The Labute approximate surface area is 227 Å². The summed E-state index contributed by atoms with van der Waals surface area (Å²) >= 11 is 7.48. The molecule has 1 N–H and O–H groups in total. The first kappa shape index (κ1) is 28.3. The molecule has 0 saturated heterocycles. The molecule has 0 aliphatic rings. The van der Waals surface area contributed by atoms with E-state index in [0.29, 0.717) is 39.3 Å². The van der Waals surface area contributed by atoms with Crippen LogP contribution in [0.1, 0.15) is 53.4 Å². The molecule has 1 heterocycles. The van der Waals surface area contributed by atoms with Gasteiger partial charge in [-0.15, -0.1) is 11.3 Å². The summed E-state index contributed by atoms with van der Waals surface area (Å²) < 4.78 is 16.3. The second kappa shape index (κ2) is 13.9. The molecule has 3 aromatic rings. The average molecular weight is 542 g/mol. The first-order valence-corrected chi connectivity index (χ1v) is 13.3. The fourth-order valence-electron chi connectivity index (χ4n) is 3.86. The molecule has 1 amide bonds. The van der Waals surface area contributed by atoms with E-state index in [-0.39, 0.29) is 5.91 Å². The maximum atomic E-state index is 12.8. The predicted molar refractivity (Wildman–Crippen MR) is 151 cm³/mol. The standard InChI is InChI=1S/C29H32ClNO5S/c1-5-6-7-8-16-36-23-14-12-20(17-24(23)34-3)13-15-25(32)31-28-27(29(33)35-4)26(19(2)37-28)21-10-9-11-22(30)18-21/h9-15,17-18H,5-8,16H2,1-4H3,(H,31,32)/b15-13+. The summed E-state index contributed by atoms with van der Waals surface area (Å²) in [6.07, 6.45) is 7.59. The van der Waals surface area contributed by atoms with Crippen LogP contribution in [0.3, 0.4) is 0 Å². The number of esters is 1. The number of carbonyl (C=O) groups is 2. The van der Waals surface area contributed by atoms with Gasteiger partial charge in [0.05, 0.1) is 20.8 Å². The maximum absolute atomic E-state index is 12.8. The van der Waals surface area contributed by atoms with Crippen molar-refractivity contribution in [3.05, 3.63) is 69.6 Å². The van der Waals surface area contributed by atoms with Crippen molar-refractivity contribution < 1.29 is 23.8 Å². The molecular weight excluding hydrogens is 510 g/mol. The van der Waals surface area contributed by atoms with Crippen molar-refractivity contribution in [2.75, 3.05) is 26.1 Å². The van der Waals surface area contributed by atoms with E-state index in [0.717, 1.165) is 28.8 Å². The molecule has 0 spiro atoms. The zero-order chi connectivity index (χ0) is 26.8. The Hall–Kier alpha value is -3.29. The number of thiophene rings is 1. The third-order valence-electron chi connectivity index (χ3n) is 5.69. The van der Waals surface area contributed by atoms with Crippen molar-refractivity contribution in [1.82, 2.24) is 0 Å². The Morgan fingerprint density at radius 2 is 1.86 bits per heavy atom. The predicted octanol–water partition coefficient (Wildman–Crippen LogP) is 7.78. The Bertz CT molecular complexity index is 1270. The van der Waals surface area contributed by atoms with Gasteiger partial charge in [-0.05, 0) is 54.8 Å². The van der Waals surface area contributed by atoms with Crippen LogP contribution in [0.2, 0.25) is 5.02 Å². The minimum atomic E-state index is -0.534. The number of methoxy groups -OCH3 is 2. The summed E-state index contributed by atoms with van der Waals surface area (Å²) in [6, 6.07) is 12.7. The molecule has 196 valence electrons. The third-order valence-corrected chi connectivity index (χ3v) is 6.95. The quantitative estimate of drug-likeness (QED) is 0.144. The lowest BCUT2D eigenvalue weighted by atomic mass is 10.0. The van der Waals surface area contributed by atoms with Gasteiger partial charge in [0, 0.05) is 21.5 Å². The number of ether oxygens (including phenoxy) is 3. The van der Waals surface area contributed by atoms with Gasteiger partial charge < -0.3 is 19.5 Å². The number of aryl methyl sites for hydroxylation is 1. The monoisotopic (exact) mass is 541 g/mol. The summed E-state index contributed by atoms with van der Waals surface area (Å²) in [6.45, 7) is 4.70. The average Bonchev–Trinajstić information content (AvgIpc) is 3.22. The molecule has 2 aromatic carbocycles. The molecule has 0 saturated carbocycles. The zero-order valence-electron chi connectivity index (χ0n) is 21.6. The van der Waals surface area contributed by atoms with Gasteiger partial charge in [-0.3, -0.25) is 4.79 Å². The van der Waals surface area contributed by atoms with Crippen molar-refractivity contribution in [3.63, 3.8) is 0 Å². The van der Waals surface area contributed by atoms with Gasteiger partial charge in [0.2, 0.25) is 5.91 Å². The van der Waals surface area contributed by atoms with Gasteiger partial charge in [-0.25, -0.2) is 4.79 Å². The Balaban J connectivity index is 1.76. The maximum Gasteiger partial charge on any atom is 0.341 e. The molecule has 0 radical (unpaired) electrons. The fraction of sp³-hybridized carbons (Fsp3) is 0.310. The van der Waals surface area contributed by atoms with E-state index in [9.17, 15) is 9.59 Å². The number of amides is 1. The number of benzene rings is 2. The van der Waals surface area contributed by atoms with E-state index in [1.165, 1.54) is 37.4 Å². The molecule has 3 rings (SSSR count). The highest BCUT2D eigenvalue weighted by atomic mass is 35.5.